The van der Waals surface area contributed by atoms with Crippen molar-refractivity contribution in [2.45, 2.75) is 26.7 Å². The number of benzene rings is 2. The van der Waals surface area contributed by atoms with Crippen molar-refractivity contribution in [2.75, 3.05) is 26.0 Å². The van der Waals surface area contributed by atoms with Crippen molar-refractivity contribution in [2.24, 2.45) is 0 Å². The van der Waals surface area contributed by atoms with Gasteiger partial charge in [-0.15, -0.1) is 0 Å². The molecule has 0 aliphatic heterocycles. The molecule has 0 bridgehead atoms. The normalized spacial score (nSPS) is 11.8. The summed E-state index contributed by atoms with van der Waals surface area (Å²) < 4.78 is 17.9. The molecule has 24 heavy (non-hydrogen) atoms. The van der Waals surface area contributed by atoms with Crippen molar-refractivity contribution < 1.29 is 14.2 Å². The van der Waals surface area contributed by atoms with Crippen LogP contribution in [0.25, 0.3) is 0 Å². The highest BCUT2D eigenvalue weighted by Gasteiger charge is 2.36. The van der Waals surface area contributed by atoms with E-state index in [2.05, 4.69) is 48.5 Å². The highest BCUT2D eigenvalue weighted by Crippen LogP contribution is 2.39. The summed E-state index contributed by atoms with van der Waals surface area (Å²) >= 11 is 0. The second-order valence-corrected chi connectivity index (χ2v) is 7.44. The third-order valence-corrected chi connectivity index (χ3v) is 6.13. The van der Waals surface area contributed by atoms with Gasteiger partial charge in [-0.05, 0) is 39.3 Å². The molecule has 0 saturated heterocycles. The van der Waals surface area contributed by atoms with Gasteiger partial charge in [-0.2, -0.15) is 0 Å². The van der Waals surface area contributed by atoms with Crippen LogP contribution in [-0.2, 0) is 14.2 Å². The molecule has 0 atom stereocenters. The summed E-state index contributed by atoms with van der Waals surface area (Å²) in [7, 11) is -0.648. The zero-order chi connectivity index (χ0) is 17.3. The fourth-order valence-electron chi connectivity index (χ4n) is 2.66. The smallest absolute Gasteiger partial charge is 0.287 e. The molecular formula is C20H27O3P. The van der Waals surface area contributed by atoms with Gasteiger partial charge in [0.15, 0.2) is 0 Å². The quantitative estimate of drug-likeness (QED) is 0.483. The fraction of sp³-hybridized carbons (Fsp3) is 0.400. The average molecular weight is 346 g/mol. The first-order chi connectivity index (χ1) is 11.7. The molecule has 0 aliphatic rings. The molecular weight excluding hydrogens is 319 g/mol. The Kier molecular flexibility index (Phi) is 7.87. The van der Waals surface area contributed by atoms with Crippen LogP contribution in [-0.4, -0.2) is 32.0 Å². The Morgan fingerprint density at radius 3 is 1.38 bits per heavy atom. The predicted molar refractivity (Wildman–Crippen MR) is 102 cm³/mol. The van der Waals surface area contributed by atoms with E-state index in [0.29, 0.717) is 26.0 Å². The number of hydrogen-bond acceptors (Lipinski definition) is 3. The Bertz CT molecular complexity index is 517. The minimum Gasteiger partial charge on any atom is -0.327 e. The van der Waals surface area contributed by atoms with Gasteiger partial charge < -0.3 is 14.2 Å². The lowest BCUT2D eigenvalue weighted by Crippen LogP contribution is -2.44. The summed E-state index contributed by atoms with van der Waals surface area (Å²) in [4.78, 5) is 0. The van der Waals surface area contributed by atoms with E-state index >= 15 is 0 Å². The van der Waals surface area contributed by atoms with E-state index in [1.165, 1.54) is 10.6 Å². The first kappa shape index (κ1) is 19.1. The number of ether oxygens (including phenoxy) is 3. The second kappa shape index (κ2) is 9.90. The monoisotopic (exact) mass is 346 g/mol. The van der Waals surface area contributed by atoms with E-state index in [0.717, 1.165) is 0 Å². The summed E-state index contributed by atoms with van der Waals surface area (Å²) in [5, 5.41) is 2.59. The standard InChI is InChI=1S/C20H27O3P/c1-4-21-20(22-5-2,23-6-3)17-24(18-13-9-7-10-14-18)19-15-11-8-12-16-19/h7-16H,4-6,17H2,1-3H3. The van der Waals surface area contributed by atoms with Crippen LogP contribution in [0, 0.1) is 0 Å². The third-order valence-electron chi connectivity index (χ3n) is 3.58. The lowest BCUT2D eigenvalue weighted by atomic mass is 10.4. The molecule has 0 N–H and O–H groups in total. The first-order valence-electron chi connectivity index (χ1n) is 8.54. The van der Waals surface area contributed by atoms with Gasteiger partial charge in [-0.25, -0.2) is 0 Å². The number of rotatable bonds is 10. The van der Waals surface area contributed by atoms with Gasteiger partial charge in [0, 0.05) is 19.8 Å². The maximum atomic E-state index is 5.96. The SMILES string of the molecule is CCOC(CP(c1ccccc1)c1ccccc1)(OCC)OCC. The van der Waals surface area contributed by atoms with E-state index < -0.39 is 13.9 Å². The van der Waals surface area contributed by atoms with Crippen LogP contribution in [0.1, 0.15) is 20.8 Å². The van der Waals surface area contributed by atoms with E-state index in [-0.39, 0.29) is 0 Å². The van der Waals surface area contributed by atoms with E-state index in [1.807, 2.05) is 32.9 Å². The molecule has 0 unspecified atom stereocenters. The Balaban J connectivity index is 2.38. The summed E-state index contributed by atoms with van der Waals surface area (Å²) in [5.41, 5.74) is 0. The lowest BCUT2D eigenvalue weighted by Gasteiger charge is -2.35. The first-order valence-corrected chi connectivity index (χ1v) is 10.1. The van der Waals surface area contributed by atoms with E-state index in [4.69, 9.17) is 14.2 Å². The average Bonchev–Trinajstić information content (AvgIpc) is 2.62. The van der Waals surface area contributed by atoms with Crippen LogP contribution in [0.15, 0.2) is 60.7 Å². The Hall–Kier alpha value is -1.25. The zero-order valence-electron chi connectivity index (χ0n) is 14.8. The lowest BCUT2D eigenvalue weighted by molar-refractivity contribution is -0.362. The molecule has 4 heteroatoms. The molecule has 0 radical (unpaired) electrons. The van der Waals surface area contributed by atoms with Gasteiger partial charge in [-0.3, -0.25) is 0 Å². The van der Waals surface area contributed by atoms with Gasteiger partial charge in [0.05, 0.1) is 6.16 Å². The maximum Gasteiger partial charge on any atom is 0.287 e. The third kappa shape index (κ3) is 5.12. The maximum absolute atomic E-state index is 5.96. The summed E-state index contributed by atoms with van der Waals surface area (Å²) in [6, 6.07) is 21.1. The summed E-state index contributed by atoms with van der Waals surface area (Å²) in [6.07, 6.45) is 0.672. The van der Waals surface area contributed by atoms with Crippen LogP contribution in [0.3, 0.4) is 0 Å². The molecule has 0 heterocycles. The Morgan fingerprint density at radius 1 is 0.667 bits per heavy atom. The van der Waals surface area contributed by atoms with Crippen molar-refractivity contribution >= 4 is 18.5 Å². The van der Waals surface area contributed by atoms with Crippen molar-refractivity contribution in [1.29, 1.82) is 0 Å². The van der Waals surface area contributed by atoms with Gasteiger partial charge >= 0.3 is 0 Å². The highest BCUT2D eigenvalue weighted by atomic mass is 31.1. The molecule has 3 nitrogen and oxygen atoms in total. The molecule has 0 spiro atoms. The molecule has 0 amide bonds. The molecule has 0 aliphatic carbocycles. The van der Waals surface area contributed by atoms with Crippen LogP contribution in [0.5, 0.6) is 0 Å². The molecule has 0 fully saturated rings. The van der Waals surface area contributed by atoms with Crippen molar-refractivity contribution in [3.05, 3.63) is 60.7 Å². The van der Waals surface area contributed by atoms with Crippen molar-refractivity contribution in [3.8, 4) is 0 Å². The number of hydrogen-bond donors (Lipinski definition) is 0. The summed E-state index contributed by atoms with van der Waals surface area (Å²) in [5.74, 6) is -0.990. The van der Waals surface area contributed by atoms with Crippen LogP contribution < -0.4 is 10.6 Å². The van der Waals surface area contributed by atoms with Gasteiger partial charge in [-0.1, -0.05) is 60.7 Å². The van der Waals surface area contributed by atoms with E-state index in [9.17, 15) is 0 Å². The van der Waals surface area contributed by atoms with Crippen LogP contribution >= 0.6 is 7.92 Å². The molecule has 2 rings (SSSR count). The highest BCUT2D eigenvalue weighted by molar-refractivity contribution is 7.73. The molecule has 2 aromatic carbocycles. The second-order valence-electron chi connectivity index (χ2n) is 5.24. The minimum atomic E-state index is -0.990. The molecule has 0 saturated carbocycles. The van der Waals surface area contributed by atoms with Crippen molar-refractivity contribution in [3.63, 3.8) is 0 Å². The fourth-order valence-corrected chi connectivity index (χ4v) is 5.05. The molecule has 2 aromatic rings. The molecule has 0 aromatic heterocycles. The van der Waals surface area contributed by atoms with Gasteiger partial charge in [0.2, 0.25) is 0 Å². The minimum absolute atomic E-state index is 0.548. The summed E-state index contributed by atoms with van der Waals surface area (Å²) in [6.45, 7) is 7.56. The Morgan fingerprint density at radius 2 is 1.04 bits per heavy atom. The Labute approximate surface area is 146 Å². The largest absolute Gasteiger partial charge is 0.327 e. The zero-order valence-corrected chi connectivity index (χ0v) is 15.7. The van der Waals surface area contributed by atoms with Gasteiger partial charge in [0.1, 0.15) is 0 Å². The molecule has 130 valence electrons. The van der Waals surface area contributed by atoms with Crippen LogP contribution in [0.2, 0.25) is 0 Å². The van der Waals surface area contributed by atoms with Crippen molar-refractivity contribution in [1.82, 2.24) is 0 Å². The van der Waals surface area contributed by atoms with E-state index in [1.54, 1.807) is 0 Å². The van der Waals surface area contributed by atoms with Crippen LogP contribution in [0.4, 0.5) is 0 Å². The van der Waals surface area contributed by atoms with Gasteiger partial charge in [0.25, 0.3) is 5.97 Å². The topological polar surface area (TPSA) is 27.7 Å². The predicted octanol–water partition coefficient (Wildman–Crippen LogP) is 3.88.